The number of hydrogen-bond acceptors (Lipinski definition) is 9. The average Bonchev–Trinajstić information content (AvgIpc) is 4.08. The number of ether oxygens (including phenoxy) is 1. The van der Waals surface area contributed by atoms with E-state index in [0.717, 1.165) is 0 Å². The Morgan fingerprint density at radius 1 is 0.985 bits per heavy atom. The molecule has 0 bridgehead atoms. The van der Waals surface area contributed by atoms with Crippen LogP contribution in [0.3, 0.4) is 0 Å². The second-order valence-corrected chi connectivity index (χ2v) is 18.5. The van der Waals surface area contributed by atoms with Crippen LogP contribution in [-0.4, -0.2) is 134 Å². The molecule has 1 heterocycles. The Bertz CT molecular complexity index is 1920. The Morgan fingerprint density at radius 3 is 2.29 bits per heavy atom. The first-order valence-electron chi connectivity index (χ1n) is 23.0. The van der Waals surface area contributed by atoms with Gasteiger partial charge < -0.3 is 46.4 Å². The summed E-state index contributed by atoms with van der Waals surface area (Å²) < 4.78 is 5.32. The van der Waals surface area contributed by atoms with Gasteiger partial charge in [0.2, 0.25) is 47.3 Å². The molecule has 366 valence electrons. The smallest absolute Gasteiger partial charge is 0.245 e. The van der Waals surface area contributed by atoms with E-state index in [0.29, 0.717) is 67.1 Å². The van der Waals surface area contributed by atoms with E-state index in [4.69, 9.17) is 34.4 Å². The highest BCUT2D eigenvalue weighted by atomic mass is 35.5. The zero-order valence-electron chi connectivity index (χ0n) is 39.5. The van der Waals surface area contributed by atoms with Gasteiger partial charge in [0.05, 0.1) is 6.61 Å². The fourth-order valence-electron chi connectivity index (χ4n) is 7.87. The predicted octanol–water partition coefficient (Wildman–Crippen LogP) is 3.03. The number of methoxy groups -OCH3 is 1. The number of rotatable bonds is 20. The Balaban J connectivity index is 2.06. The molecule has 1 aliphatic carbocycles. The number of amides is 8. The standard InChI is InChI=1S/C47H70Cl2N8O9/c1-9-24-57-39(27-31-26-32(48)18-19-33(31)49)43(62)54-37(28-66-8)40(59)51-23-15-13-17-38(42(61)53-36(45(57)64)25-29(4)5)56(7)44(63)35(16-12-14-22-50-30(6)58)52-41(60)34(10-2)55-46(65)47(11-3)20-21-47/h3,18-19,26,29,34-39H,9-10,12-17,20-25,27-28H2,1-2,4-8H3,(H,50,58)(H,51,59)(H,52,60)(H,53,61)(H,54,62)(H,55,65)/t34-,35-,36-,37+,38-,39-/m0/s1. The SMILES string of the molecule is C#CC1(C(=O)N[C@@H](CC)C(=O)N[C@@H](CCCCNC(C)=O)C(=O)N(C)[C@H]2CCCCNC(=O)[C@@H](COC)NC(=O)[C@H](Cc3cc(Cl)ccc3Cl)N(CCC)C(=O)[C@H](CC(C)C)NC2=O)CC1. The molecule has 8 amide bonds. The molecule has 0 aromatic heterocycles. The maximum atomic E-state index is 15.0. The van der Waals surface area contributed by atoms with Gasteiger partial charge in [0, 0.05) is 57.2 Å². The van der Waals surface area contributed by atoms with Gasteiger partial charge in [-0.15, -0.1) is 6.42 Å². The molecule has 0 unspecified atom stereocenters. The van der Waals surface area contributed by atoms with E-state index in [1.807, 2.05) is 20.8 Å². The quantitative estimate of drug-likeness (QED) is 0.0834. The minimum Gasteiger partial charge on any atom is -0.382 e. The third-order valence-electron chi connectivity index (χ3n) is 11.9. The molecule has 1 aromatic rings. The normalized spacial score (nSPS) is 21.3. The van der Waals surface area contributed by atoms with Crippen LogP contribution in [0.5, 0.6) is 0 Å². The van der Waals surface area contributed by atoms with Crippen molar-refractivity contribution in [3.63, 3.8) is 0 Å². The summed E-state index contributed by atoms with van der Waals surface area (Å²) in [6.07, 6.45) is 9.23. The minimum absolute atomic E-state index is 0.0776. The maximum Gasteiger partial charge on any atom is 0.245 e. The molecule has 2 aliphatic rings. The van der Waals surface area contributed by atoms with Crippen molar-refractivity contribution in [1.82, 2.24) is 41.7 Å². The van der Waals surface area contributed by atoms with Crippen molar-refractivity contribution in [2.24, 2.45) is 11.3 Å². The summed E-state index contributed by atoms with van der Waals surface area (Å²) in [5, 5.41) is 17.5. The van der Waals surface area contributed by atoms with Crippen molar-refractivity contribution in [3.8, 4) is 12.3 Å². The van der Waals surface area contributed by atoms with E-state index in [1.54, 1.807) is 25.1 Å². The molecular formula is C47H70Cl2N8O9. The Morgan fingerprint density at radius 2 is 1.68 bits per heavy atom. The molecule has 17 nitrogen and oxygen atoms in total. The Hall–Kier alpha value is -4.92. The number of benzene rings is 1. The summed E-state index contributed by atoms with van der Waals surface area (Å²) in [5.41, 5.74) is -0.479. The number of likely N-dealkylation sites (N-methyl/N-ethyl adjacent to an activating group) is 1. The first-order chi connectivity index (χ1) is 31.3. The van der Waals surface area contributed by atoms with Gasteiger partial charge in [0.25, 0.3) is 0 Å². The zero-order valence-corrected chi connectivity index (χ0v) is 41.0. The van der Waals surface area contributed by atoms with Gasteiger partial charge in [-0.3, -0.25) is 38.4 Å². The summed E-state index contributed by atoms with van der Waals surface area (Å²) in [6, 6.07) is -1.99. The number of nitrogens with zero attached hydrogens (tertiary/aromatic N) is 2. The lowest BCUT2D eigenvalue weighted by Crippen LogP contribution is -2.61. The highest BCUT2D eigenvalue weighted by Gasteiger charge is 2.49. The van der Waals surface area contributed by atoms with Gasteiger partial charge in [-0.05, 0) is 100 Å². The molecule has 0 spiro atoms. The van der Waals surface area contributed by atoms with Crippen LogP contribution in [0, 0.1) is 23.7 Å². The van der Waals surface area contributed by atoms with Gasteiger partial charge in [-0.1, -0.05) is 56.8 Å². The number of halogens is 2. The molecule has 6 atom stereocenters. The third kappa shape index (κ3) is 16.4. The number of carbonyl (C=O) groups excluding carboxylic acids is 8. The number of unbranched alkanes of at least 4 members (excludes halogenated alkanes) is 1. The lowest BCUT2D eigenvalue weighted by molar-refractivity contribution is -0.146. The summed E-state index contributed by atoms with van der Waals surface area (Å²) in [4.78, 5) is 113. The van der Waals surface area contributed by atoms with Crippen LogP contribution < -0.4 is 31.9 Å². The van der Waals surface area contributed by atoms with Crippen molar-refractivity contribution in [2.45, 2.75) is 148 Å². The van der Waals surface area contributed by atoms with Crippen molar-refractivity contribution in [3.05, 3.63) is 33.8 Å². The van der Waals surface area contributed by atoms with Crippen molar-refractivity contribution >= 4 is 70.5 Å². The van der Waals surface area contributed by atoms with Crippen molar-refractivity contribution < 1.29 is 43.1 Å². The molecule has 6 N–H and O–H groups in total. The fraction of sp³-hybridized carbons (Fsp3) is 0.660. The van der Waals surface area contributed by atoms with E-state index in [9.17, 15) is 38.4 Å². The van der Waals surface area contributed by atoms with Gasteiger partial charge in [-0.25, -0.2) is 0 Å². The third-order valence-corrected chi connectivity index (χ3v) is 12.5. The molecule has 1 aromatic carbocycles. The number of carbonyl (C=O) groups is 8. The van der Waals surface area contributed by atoms with Crippen LogP contribution in [0.2, 0.25) is 10.0 Å². The summed E-state index contributed by atoms with van der Waals surface area (Å²) in [7, 11) is 2.86. The van der Waals surface area contributed by atoms with Gasteiger partial charge in [0.15, 0.2) is 0 Å². The number of terminal acetylenes is 1. The number of hydrogen-bond donors (Lipinski definition) is 6. The maximum absolute atomic E-state index is 15.0. The molecule has 3 rings (SSSR count). The molecule has 0 radical (unpaired) electrons. The summed E-state index contributed by atoms with van der Waals surface area (Å²) in [6.45, 7) is 9.17. The van der Waals surface area contributed by atoms with Crippen LogP contribution in [0.4, 0.5) is 0 Å². The predicted molar refractivity (Wildman–Crippen MR) is 252 cm³/mol. The summed E-state index contributed by atoms with van der Waals surface area (Å²) in [5.74, 6) is -1.78. The van der Waals surface area contributed by atoms with Crippen molar-refractivity contribution in [2.75, 3.05) is 40.4 Å². The van der Waals surface area contributed by atoms with Gasteiger partial charge in [0.1, 0.15) is 41.7 Å². The van der Waals surface area contributed by atoms with Crippen molar-refractivity contribution in [1.29, 1.82) is 0 Å². The zero-order chi connectivity index (χ0) is 49.1. The van der Waals surface area contributed by atoms with Crippen LogP contribution in [0.15, 0.2) is 18.2 Å². The van der Waals surface area contributed by atoms with Crippen LogP contribution in [0.1, 0.15) is 111 Å². The van der Waals surface area contributed by atoms with Gasteiger partial charge in [-0.2, -0.15) is 0 Å². The van der Waals surface area contributed by atoms with Crippen LogP contribution in [-0.2, 0) is 49.5 Å². The van der Waals surface area contributed by atoms with E-state index in [1.165, 1.54) is 30.9 Å². The first-order valence-corrected chi connectivity index (χ1v) is 23.8. The Kier molecular flexibility index (Phi) is 22.7. The van der Waals surface area contributed by atoms with E-state index < -0.39 is 83.0 Å². The van der Waals surface area contributed by atoms with Gasteiger partial charge >= 0.3 is 0 Å². The van der Waals surface area contributed by atoms with Crippen LogP contribution in [0.25, 0.3) is 0 Å². The topological polar surface area (TPSA) is 224 Å². The molecular weight excluding hydrogens is 891 g/mol. The molecule has 1 saturated carbocycles. The highest BCUT2D eigenvalue weighted by molar-refractivity contribution is 6.33. The van der Waals surface area contributed by atoms with E-state index in [2.05, 4.69) is 37.8 Å². The second kappa shape index (κ2) is 27.0. The summed E-state index contributed by atoms with van der Waals surface area (Å²) >= 11 is 13.0. The average molecular weight is 962 g/mol. The molecule has 2 fully saturated rings. The van der Waals surface area contributed by atoms with E-state index >= 15 is 0 Å². The van der Waals surface area contributed by atoms with E-state index in [-0.39, 0.29) is 63.6 Å². The minimum atomic E-state index is -1.21. The van der Waals surface area contributed by atoms with Crippen LogP contribution >= 0.6 is 23.2 Å². The molecule has 66 heavy (non-hydrogen) atoms. The lowest BCUT2D eigenvalue weighted by atomic mass is 9.97. The molecule has 1 aliphatic heterocycles. The largest absolute Gasteiger partial charge is 0.382 e. The monoisotopic (exact) mass is 960 g/mol. The fourth-order valence-corrected chi connectivity index (χ4v) is 8.26. The second-order valence-electron chi connectivity index (χ2n) is 17.6. The molecule has 1 saturated heterocycles. The first kappa shape index (κ1) is 55.4. The lowest BCUT2D eigenvalue weighted by Gasteiger charge is -2.37. The number of nitrogens with one attached hydrogen (secondary N) is 6. The molecule has 19 heteroatoms. The highest BCUT2D eigenvalue weighted by Crippen LogP contribution is 2.45. The Labute approximate surface area is 399 Å².